The van der Waals surface area contributed by atoms with Gasteiger partial charge in [0.25, 0.3) is 0 Å². The summed E-state index contributed by atoms with van der Waals surface area (Å²) in [5, 5.41) is 2.28. The first-order chi connectivity index (χ1) is 6.95. The van der Waals surface area contributed by atoms with E-state index < -0.39 is 0 Å². The molecule has 3 rings (SSSR count). The summed E-state index contributed by atoms with van der Waals surface area (Å²) in [7, 11) is 0. The topological polar surface area (TPSA) is 25.8 Å². The summed E-state index contributed by atoms with van der Waals surface area (Å²) >= 11 is 0. The third-order valence-corrected chi connectivity index (χ3v) is 2.34. The van der Waals surface area contributed by atoms with E-state index >= 15 is 0 Å². The van der Waals surface area contributed by atoms with Crippen LogP contribution in [0.15, 0.2) is 48.8 Å². The maximum absolute atomic E-state index is 4.35. The van der Waals surface area contributed by atoms with Gasteiger partial charge in [-0.3, -0.25) is 9.97 Å². The van der Waals surface area contributed by atoms with Crippen LogP contribution in [0.5, 0.6) is 0 Å². The number of rotatable bonds is 0. The van der Waals surface area contributed by atoms with Crippen molar-refractivity contribution in [1.29, 1.82) is 0 Å². The van der Waals surface area contributed by atoms with Gasteiger partial charge in [0.2, 0.25) is 0 Å². The molecule has 0 saturated heterocycles. The number of pyridine rings is 2. The second-order valence-corrected chi connectivity index (χ2v) is 3.22. The summed E-state index contributed by atoms with van der Waals surface area (Å²) in [6, 6.07) is 12.1. The van der Waals surface area contributed by atoms with E-state index in [0.29, 0.717) is 0 Å². The van der Waals surface area contributed by atoms with Gasteiger partial charge in [0.1, 0.15) is 0 Å². The van der Waals surface area contributed by atoms with Gasteiger partial charge in [-0.15, -0.1) is 0 Å². The number of benzene rings is 1. The Morgan fingerprint density at radius 1 is 0.647 bits per heavy atom. The van der Waals surface area contributed by atoms with Crippen LogP contribution in [0.3, 0.4) is 0 Å². The standard InChI is InChI=1S/C12H8N2.2CH3.Pt/c1-3-9-5-6-10-4-2-8-14-12(10)11(9)13-7-1;;;/h1-8H;2*1H3;/q;2*-1;+4. The molecule has 2 nitrogen and oxygen atoms in total. The fraction of sp³-hybridized carbons (Fsp3) is 0. The third-order valence-electron chi connectivity index (χ3n) is 2.34. The van der Waals surface area contributed by atoms with E-state index in [1.54, 1.807) is 12.4 Å². The second-order valence-electron chi connectivity index (χ2n) is 3.22. The molecular weight excluding hydrogens is 391 g/mol. The van der Waals surface area contributed by atoms with Crippen molar-refractivity contribution in [1.82, 2.24) is 9.97 Å². The number of hydrogen-bond donors (Lipinski definition) is 0. The van der Waals surface area contributed by atoms with Crippen LogP contribution in [-0.2, 0) is 21.1 Å². The molecule has 0 bridgehead atoms. The van der Waals surface area contributed by atoms with Gasteiger partial charge in [0.15, 0.2) is 0 Å². The van der Waals surface area contributed by atoms with Crippen molar-refractivity contribution in [2.75, 3.05) is 0 Å². The quantitative estimate of drug-likeness (QED) is 0.421. The summed E-state index contributed by atoms with van der Waals surface area (Å²) in [4.78, 5) is 8.69. The zero-order valence-corrected chi connectivity index (χ0v) is 12.1. The molecule has 2 aromatic heterocycles. The Morgan fingerprint density at radius 3 is 1.47 bits per heavy atom. The normalized spacial score (nSPS) is 8.94. The first-order valence-corrected chi connectivity index (χ1v) is 4.53. The molecule has 0 amide bonds. The van der Waals surface area contributed by atoms with Gasteiger partial charge in [0.05, 0.1) is 11.0 Å². The summed E-state index contributed by atoms with van der Waals surface area (Å²) < 4.78 is 0. The monoisotopic (exact) mass is 405 g/mol. The van der Waals surface area contributed by atoms with Crippen LogP contribution < -0.4 is 0 Å². The van der Waals surface area contributed by atoms with Gasteiger partial charge in [-0.2, -0.15) is 0 Å². The van der Waals surface area contributed by atoms with Gasteiger partial charge in [0, 0.05) is 23.2 Å². The van der Waals surface area contributed by atoms with E-state index in [1.807, 2.05) is 12.1 Å². The summed E-state index contributed by atoms with van der Waals surface area (Å²) in [5.74, 6) is 0. The van der Waals surface area contributed by atoms with E-state index in [0.717, 1.165) is 21.8 Å². The maximum Gasteiger partial charge on any atom is 4.00 e. The van der Waals surface area contributed by atoms with Crippen LogP contribution in [0.4, 0.5) is 0 Å². The van der Waals surface area contributed by atoms with Gasteiger partial charge < -0.3 is 14.9 Å². The van der Waals surface area contributed by atoms with E-state index in [1.165, 1.54) is 0 Å². The first-order valence-electron chi connectivity index (χ1n) is 4.53. The van der Waals surface area contributed by atoms with Crippen molar-refractivity contribution >= 4 is 21.8 Å². The molecule has 0 saturated carbocycles. The SMILES string of the molecule is [CH3-].[CH3-].[Pt+4].c1cnc2c(c1)ccc1cccnc12. The van der Waals surface area contributed by atoms with Crippen LogP contribution in [0.1, 0.15) is 0 Å². The zero-order chi connectivity index (χ0) is 9.38. The first kappa shape index (κ1) is 15.7. The van der Waals surface area contributed by atoms with E-state index in [2.05, 4.69) is 34.2 Å². The third kappa shape index (κ3) is 2.70. The van der Waals surface area contributed by atoms with Crippen molar-refractivity contribution in [3.63, 3.8) is 0 Å². The van der Waals surface area contributed by atoms with Crippen molar-refractivity contribution in [2.45, 2.75) is 0 Å². The minimum absolute atomic E-state index is 0. The molecule has 3 heteroatoms. The van der Waals surface area contributed by atoms with Crippen molar-refractivity contribution in [3.8, 4) is 0 Å². The van der Waals surface area contributed by atoms with Crippen molar-refractivity contribution in [2.24, 2.45) is 0 Å². The minimum atomic E-state index is 0. The number of hydrogen-bond acceptors (Lipinski definition) is 2. The fourth-order valence-corrected chi connectivity index (χ4v) is 1.68. The zero-order valence-electron chi connectivity index (χ0n) is 9.83. The van der Waals surface area contributed by atoms with Crippen LogP contribution >= 0.6 is 0 Å². The predicted octanol–water partition coefficient (Wildman–Crippen LogP) is 3.68. The Balaban J connectivity index is 0.000000853. The van der Waals surface area contributed by atoms with E-state index in [4.69, 9.17) is 0 Å². The van der Waals surface area contributed by atoms with Gasteiger partial charge in [-0.05, 0) is 12.1 Å². The molecular formula is C14H14N2Pt+2. The second kappa shape index (κ2) is 6.46. The van der Waals surface area contributed by atoms with E-state index in [-0.39, 0.29) is 35.9 Å². The van der Waals surface area contributed by atoms with Crippen LogP contribution in [0.2, 0.25) is 0 Å². The largest absolute Gasteiger partial charge is 4.00 e. The van der Waals surface area contributed by atoms with Crippen LogP contribution in [0.25, 0.3) is 21.8 Å². The Morgan fingerprint density at radius 2 is 1.06 bits per heavy atom. The molecule has 0 aliphatic carbocycles. The van der Waals surface area contributed by atoms with E-state index in [9.17, 15) is 0 Å². The molecule has 0 spiro atoms. The molecule has 88 valence electrons. The van der Waals surface area contributed by atoms with Crippen LogP contribution in [-0.4, -0.2) is 9.97 Å². The molecule has 0 atom stereocenters. The van der Waals surface area contributed by atoms with Gasteiger partial charge >= 0.3 is 21.1 Å². The molecule has 0 unspecified atom stereocenters. The van der Waals surface area contributed by atoms with Crippen molar-refractivity contribution < 1.29 is 21.1 Å². The van der Waals surface area contributed by atoms with Crippen LogP contribution in [0, 0.1) is 14.9 Å². The number of fused-ring (bicyclic) bond motifs is 3. The van der Waals surface area contributed by atoms with Crippen molar-refractivity contribution in [3.05, 3.63) is 63.6 Å². The smallest absolute Gasteiger partial charge is 0.358 e. The molecule has 1 aromatic carbocycles. The Labute approximate surface area is 116 Å². The predicted molar refractivity (Wildman–Crippen MR) is 69.9 cm³/mol. The Kier molecular flexibility index (Phi) is 5.98. The average Bonchev–Trinajstić information content (AvgIpc) is 2.29. The molecule has 0 aliphatic rings. The Hall–Kier alpha value is -1.27. The minimum Gasteiger partial charge on any atom is -0.358 e. The van der Waals surface area contributed by atoms with Gasteiger partial charge in [-0.25, -0.2) is 0 Å². The molecule has 17 heavy (non-hydrogen) atoms. The maximum atomic E-state index is 4.35. The molecule has 2 heterocycles. The summed E-state index contributed by atoms with van der Waals surface area (Å²) in [6.07, 6.45) is 3.60. The molecule has 0 N–H and O–H groups in total. The number of nitrogens with zero attached hydrogens (tertiary/aromatic N) is 2. The molecule has 0 aliphatic heterocycles. The summed E-state index contributed by atoms with van der Waals surface area (Å²) in [6.45, 7) is 0. The fourth-order valence-electron chi connectivity index (χ4n) is 1.68. The Bertz CT molecular complexity index is 553. The molecule has 0 radical (unpaired) electrons. The molecule has 0 fully saturated rings. The average molecular weight is 405 g/mol. The molecule has 3 aromatic rings. The number of aromatic nitrogens is 2. The summed E-state index contributed by atoms with van der Waals surface area (Å²) in [5.41, 5.74) is 1.95. The van der Waals surface area contributed by atoms with Gasteiger partial charge in [-0.1, -0.05) is 24.3 Å².